The molecule has 3 amide bonds. The minimum Gasteiger partial charge on any atom is -0.354 e. The second-order valence-corrected chi connectivity index (χ2v) is 8.34. The Hall–Kier alpha value is -2.70. The minimum atomic E-state index is 0.00841. The van der Waals surface area contributed by atoms with Crippen molar-refractivity contribution >= 4 is 23.3 Å². The molecule has 4 heterocycles. The predicted molar refractivity (Wildman–Crippen MR) is 115 cm³/mol. The highest BCUT2D eigenvalue weighted by molar-refractivity contribution is 5.94. The van der Waals surface area contributed by atoms with Crippen LogP contribution in [0, 0.1) is 0 Å². The third-order valence-electron chi connectivity index (χ3n) is 5.82. The van der Waals surface area contributed by atoms with Gasteiger partial charge in [0.15, 0.2) is 0 Å². The van der Waals surface area contributed by atoms with E-state index >= 15 is 0 Å². The Labute approximate surface area is 172 Å². The standard InChI is InChI=1S/C22H31N5O2/c1-17(2)23-22(29)26-14-12-24(13-15-26)20-9-8-19-7-6-18(16-27(19)20)21(28)25-10-4-3-5-11-25/h6-9,16-17H,3-5,10-15H2,1-2H3,(H,23,29). The number of fused-ring (bicyclic) bond motifs is 1. The molecule has 0 aliphatic carbocycles. The SMILES string of the molecule is CC(C)NC(=O)N1CCN(c2ccc3ccc(C(=O)N4CCCCC4)cn23)CC1. The zero-order chi connectivity index (χ0) is 20.4. The predicted octanol–water partition coefficient (Wildman–Crippen LogP) is 2.81. The number of likely N-dealkylation sites (tertiary alicyclic amines) is 1. The maximum atomic E-state index is 12.9. The third kappa shape index (κ3) is 4.18. The van der Waals surface area contributed by atoms with Crippen LogP contribution in [0.5, 0.6) is 0 Å². The number of nitrogens with zero attached hydrogens (tertiary/aromatic N) is 4. The number of aromatic nitrogens is 1. The Kier molecular flexibility index (Phi) is 5.65. The van der Waals surface area contributed by atoms with Gasteiger partial charge in [0.2, 0.25) is 0 Å². The first-order chi connectivity index (χ1) is 14.0. The topological polar surface area (TPSA) is 60.3 Å². The average Bonchev–Trinajstić information content (AvgIpc) is 3.16. The largest absolute Gasteiger partial charge is 0.354 e. The second kappa shape index (κ2) is 8.35. The van der Waals surface area contributed by atoms with Crippen molar-refractivity contribution in [3.8, 4) is 0 Å². The Bertz CT molecular complexity index is 876. The van der Waals surface area contributed by atoms with Gasteiger partial charge in [-0.3, -0.25) is 4.79 Å². The molecule has 0 spiro atoms. The molecule has 156 valence electrons. The van der Waals surface area contributed by atoms with Crippen LogP contribution in [0.4, 0.5) is 10.6 Å². The quantitative estimate of drug-likeness (QED) is 0.866. The lowest BCUT2D eigenvalue weighted by molar-refractivity contribution is 0.0724. The lowest BCUT2D eigenvalue weighted by atomic mass is 10.1. The van der Waals surface area contributed by atoms with Crippen molar-refractivity contribution in [1.82, 2.24) is 19.5 Å². The number of urea groups is 1. The number of amides is 3. The van der Waals surface area contributed by atoms with Crippen LogP contribution >= 0.6 is 0 Å². The van der Waals surface area contributed by atoms with Gasteiger partial charge in [0.25, 0.3) is 5.91 Å². The van der Waals surface area contributed by atoms with Crippen LogP contribution < -0.4 is 10.2 Å². The van der Waals surface area contributed by atoms with E-state index in [0.29, 0.717) is 13.1 Å². The number of piperazine rings is 1. The lowest BCUT2D eigenvalue weighted by Crippen LogP contribution is -2.53. The molecule has 2 aliphatic rings. The zero-order valence-electron chi connectivity index (χ0n) is 17.4. The number of anilines is 1. The van der Waals surface area contributed by atoms with Gasteiger partial charge >= 0.3 is 6.03 Å². The molecule has 2 aromatic heterocycles. The van der Waals surface area contributed by atoms with Crippen LogP contribution in [0.2, 0.25) is 0 Å². The Morgan fingerprint density at radius 3 is 2.24 bits per heavy atom. The molecule has 0 radical (unpaired) electrons. The van der Waals surface area contributed by atoms with Gasteiger partial charge in [-0.1, -0.05) is 0 Å². The van der Waals surface area contributed by atoms with Crippen molar-refractivity contribution < 1.29 is 9.59 Å². The zero-order valence-corrected chi connectivity index (χ0v) is 17.4. The summed E-state index contributed by atoms with van der Waals surface area (Å²) in [6, 6.07) is 8.30. The van der Waals surface area contributed by atoms with E-state index in [9.17, 15) is 9.59 Å². The van der Waals surface area contributed by atoms with Gasteiger partial charge in [0, 0.05) is 57.0 Å². The Morgan fingerprint density at radius 2 is 1.55 bits per heavy atom. The van der Waals surface area contributed by atoms with Gasteiger partial charge in [0.05, 0.1) is 5.56 Å². The van der Waals surface area contributed by atoms with Crippen molar-refractivity contribution in [3.05, 3.63) is 36.0 Å². The van der Waals surface area contributed by atoms with E-state index in [1.54, 1.807) is 0 Å². The average molecular weight is 398 g/mol. The van der Waals surface area contributed by atoms with Gasteiger partial charge in [-0.15, -0.1) is 0 Å². The fourth-order valence-corrected chi connectivity index (χ4v) is 4.23. The van der Waals surface area contributed by atoms with Crippen molar-refractivity contribution in [2.45, 2.75) is 39.2 Å². The fraction of sp³-hybridized carbons (Fsp3) is 0.545. The van der Waals surface area contributed by atoms with Crippen LogP contribution in [0.15, 0.2) is 30.5 Å². The highest BCUT2D eigenvalue weighted by Crippen LogP contribution is 2.23. The number of carbonyl (C=O) groups excluding carboxylic acids is 2. The van der Waals surface area contributed by atoms with Crippen LogP contribution in [0.1, 0.15) is 43.5 Å². The van der Waals surface area contributed by atoms with E-state index in [1.165, 1.54) is 6.42 Å². The van der Waals surface area contributed by atoms with Gasteiger partial charge in [0.1, 0.15) is 5.82 Å². The molecule has 0 unspecified atom stereocenters. The summed E-state index contributed by atoms with van der Waals surface area (Å²) in [6.45, 7) is 8.61. The van der Waals surface area contributed by atoms with E-state index < -0.39 is 0 Å². The molecule has 4 rings (SSSR count). The molecule has 7 heteroatoms. The first-order valence-corrected chi connectivity index (χ1v) is 10.7. The van der Waals surface area contributed by atoms with Gasteiger partial charge in [-0.05, 0) is 57.4 Å². The molecule has 2 aliphatic heterocycles. The molecule has 1 N–H and O–H groups in total. The molecule has 7 nitrogen and oxygen atoms in total. The molecular weight excluding hydrogens is 366 g/mol. The van der Waals surface area contributed by atoms with E-state index in [-0.39, 0.29) is 18.0 Å². The summed E-state index contributed by atoms with van der Waals surface area (Å²) >= 11 is 0. The summed E-state index contributed by atoms with van der Waals surface area (Å²) in [7, 11) is 0. The normalized spacial score (nSPS) is 17.8. The molecule has 2 saturated heterocycles. The molecule has 29 heavy (non-hydrogen) atoms. The molecule has 0 aromatic carbocycles. The minimum absolute atomic E-state index is 0.00841. The first kappa shape index (κ1) is 19.6. The number of carbonyl (C=O) groups is 2. The molecule has 0 atom stereocenters. The van der Waals surface area contributed by atoms with Gasteiger partial charge in [-0.25, -0.2) is 4.79 Å². The summed E-state index contributed by atoms with van der Waals surface area (Å²) in [6.07, 6.45) is 5.38. The van der Waals surface area contributed by atoms with Crippen LogP contribution in [0.25, 0.3) is 5.52 Å². The second-order valence-electron chi connectivity index (χ2n) is 8.34. The van der Waals surface area contributed by atoms with E-state index in [0.717, 1.165) is 55.9 Å². The van der Waals surface area contributed by atoms with E-state index in [4.69, 9.17) is 0 Å². The number of rotatable bonds is 3. The summed E-state index contributed by atoms with van der Waals surface area (Å²) in [4.78, 5) is 31.3. The lowest BCUT2D eigenvalue weighted by Gasteiger charge is -2.36. The smallest absolute Gasteiger partial charge is 0.317 e. The molecule has 0 bridgehead atoms. The molecule has 0 saturated carbocycles. The maximum absolute atomic E-state index is 12.9. The summed E-state index contributed by atoms with van der Waals surface area (Å²) in [5, 5.41) is 2.96. The summed E-state index contributed by atoms with van der Waals surface area (Å²) in [5.74, 6) is 1.21. The van der Waals surface area contributed by atoms with Crippen LogP contribution in [-0.4, -0.2) is 71.4 Å². The van der Waals surface area contributed by atoms with Gasteiger partial charge < -0.3 is 24.4 Å². The molecule has 2 fully saturated rings. The van der Waals surface area contributed by atoms with E-state index in [2.05, 4.69) is 26.8 Å². The number of hydrogen-bond acceptors (Lipinski definition) is 3. The summed E-state index contributed by atoms with van der Waals surface area (Å²) < 4.78 is 2.11. The summed E-state index contributed by atoms with van der Waals surface area (Å²) in [5.41, 5.74) is 1.82. The van der Waals surface area contributed by atoms with E-state index in [1.807, 2.05) is 42.0 Å². The number of pyridine rings is 1. The first-order valence-electron chi connectivity index (χ1n) is 10.7. The van der Waals surface area contributed by atoms with Crippen molar-refractivity contribution in [3.63, 3.8) is 0 Å². The number of hydrogen-bond donors (Lipinski definition) is 1. The Balaban J connectivity index is 1.48. The highest BCUT2D eigenvalue weighted by atomic mass is 16.2. The highest BCUT2D eigenvalue weighted by Gasteiger charge is 2.24. The molecule has 2 aromatic rings. The monoisotopic (exact) mass is 397 g/mol. The number of nitrogens with one attached hydrogen (secondary N) is 1. The van der Waals surface area contributed by atoms with Crippen molar-refractivity contribution in [2.75, 3.05) is 44.2 Å². The van der Waals surface area contributed by atoms with Crippen molar-refractivity contribution in [2.24, 2.45) is 0 Å². The number of piperidine rings is 1. The Morgan fingerprint density at radius 1 is 0.862 bits per heavy atom. The van der Waals surface area contributed by atoms with Crippen LogP contribution in [0.3, 0.4) is 0 Å². The third-order valence-corrected chi connectivity index (χ3v) is 5.82. The van der Waals surface area contributed by atoms with Crippen LogP contribution in [-0.2, 0) is 0 Å². The maximum Gasteiger partial charge on any atom is 0.317 e. The van der Waals surface area contributed by atoms with Gasteiger partial charge in [-0.2, -0.15) is 0 Å². The fourth-order valence-electron chi connectivity index (χ4n) is 4.23. The van der Waals surface area contributed by atoms with Crippen molar-refractivity contribution in [1.29, 1.82) is 0 Å². The molecular formula is C22H31N5O2.